The molecule has 0 saturated carbocycles. The van der Waals surface area contributed by atoms with Crippen LogP contribution in [0.5, 0.6) is 0 Å². The van der Waals surface area contributed by atoms with E-state index in [2.05, 4.69) is 21.3 Å². The molecule has 10 heteroatoms. The zero-order valence-electron chi connectivity index (χ0n) is 19.9. The number of rotatable bonds is 15. The van der Waals surface area contributed by atoms with E-state index >= 15 is 0 Å². The van der Waals surface area contributed by atoms with Gasteiger partial charge >= 0.3 is 6.03 Å². The van der Waals surface area contributed by atoms with Gasteiger partial charge in [0.05, 0.1) is 6.04 Å². The molecular weight excluding hydrogens is 426 g/mol. The van der Waals surface area contributed by atoms with Gasteiger partial charge in [0, 0.05) is 18.3 Å². The highest BCUT2D eigenvalue weighted by molar-refractivity contribution is 5.97. The molecule has 0 aliphatic carbocycles. The molecule has 0 bridgehead atoms. The lowest BCUT2D eigenvalue weighted by molar-refractivity contribution is -0.130. The van der Waals surface area contributed by atoms with E-state index in [-0.39, 0.29) is 30.4 Å². The Morgan fingerprint density at radius 1 is 1.09 bits per heavy atom. The van der Waals surface area contributed by atoms with Gasteiger partial charge in [0.15, 0.2) is 0 Å². The summed E-state index contributed by atoms with van der Waals surface area (Å²) in [5.74, 6) is -0.597. The summed E-state index contributed by atoms with van der Waals surface area (Å²) in [7, 11) is 0. The lowest BCUT2D eigenvalue weighted by atomic mass is 10.0. The Labute approximate surface area is 195 Å². The lowest BCUT2D eigenvalue weighted by Gasteiger charge is -2.27. The zero-order chi connectivity index (χ0) is 24.8. The second-order valence-electron chi connectivity index (χ2n) is 8.29. The summed E-state index contributed by atoms with van der Waals surface area (Å²) in [6.07, 6.45) is 1.64. The Morgan fingerprint density at radius 2 is 1.76 bits per heavy atom. The third-order valence-electron chi connectivity index (χ3n) is 5.17. The van der Waals surface area contributed by atoms with Gasteiger partial charge < -0.3 is 31.7 Å². The van der Waals surface area contributed by atoms with Gasteiger partial charge in [0.1, 0.15) is 12.6 Å². The summed E-state index contributed by atoms with van der Waals surface area (Å²) in [4.78, 5) is 47.2. The quantitative estimate of drug-likeness (QED) is 0.197. The van der Waals surface area contributed by atoms with Crippen molar-refractivity contribution in [1.82, 2.24) is 16.0 Å². The third-order valence-corrected chi connectivity index (χ3v) is 5.17. The standard InChI is InChI=1S/C23H37N5O5/c1-5-16(4)26-20(15(2)3)22(31)28-19(7-6-12-25-23(24)32)21(30)27-18-10-8-17(9-11-18)13-33-14-29/h8-11,14-16,19-20,26H,5-7,12-13H2,1-4H3,(H,27,30)(H,28,31)(H3,24,25,32)/t16?,19-,20?/m0/s1. The normalized spacial score (nSPS) is 13.5. The predicted molar refractivity (Wildman–Crippen MR) is 126 cm³/mol. The highest BCUT2D eigenvalue weighted by Crippen LogP contribution is 2.12. The SMILES string of the molecule is CCC(C)NC(C(=O)N[C@@H](CCCNC(N)=O)C(=O)Nc1ccc(COC=O)cc1)C(C)C. The number of hydrogen-bond acceptors (Lipinski definition) is 6. The highest BCUT2D eigenvalue weighted by Gasteiger charge is 2.28. The molecule has 10 nitrogen and oxygen atoms in total. The summed E-state index contributed by atoms with van der Waals surface area (Å²) < 4.78 is 4.71. The predicted octanol–water partition coefficient (Wildman–Crippen LogP) is 1.64. The van der Waals surface area contributed by atoms with Crippen molar-refractivity contribution in [1.29, 1.82) is 0 Å². The van der Waals surface area contributed by atoms with Crippen LogP contribution in [-0.4, -0.2) is 49.0 Å². The second kappa shape index (κ2) is 14.8. The molecule has 33 heavy (non-hydrogen) atoms. The number of nitrogens with two attached hydrogens (primary N) is 1. The number of benzene rings is 1. The van der Waals surface area contributed by atoms with Gasteiger partial charge in [-0.15, -0.1) is 0 Å². The van der Waals surface area contributed by atoms with Crippen molar-refractivity contribution in [3.63, 3.8) is 0 Å². The van der Waals surface area contributed by atoms with Gasteiger partial charge in [-0.05, 0) is 49.8 Å². The fourth-order valence-electron chi connectivity index (χ4n) is 3.09. The zero-order valence-corrected chi connectivity index (χ0v) is 19.9. The first-order chi connectivity index (χ1) is 15.7. The molecule has 6 N–H and O–H groups in total. The average molecular weight is 464 g/mol. The number of primary amides is 1. The van der Waals surface area contributed by atoms with Crippen LogP contribution in [0.4, 0.5) is 10.5 Å². The average Bonchev–Trinajstić information content (AvgIpc) is 2.78. The maximum absolute atomic E-state index is 13.0. The Morgan fingerprint density at radius 3 is 2.30 bits per heavy atom. The number of nitrogens with one attached hydrogen (secondary N) is 4. The fourth-order valence-corrected chi connectivity index (χ4v) is 3.09. The van der Waals surface area contributed by atoms with Crippen LogP contribution in [0.2, 0.25) is 0 Å². The lowest BCUT2D eigenvalue weighted by Crippen LogP contribution is -2.55. The molecule has 0 spiro atoms. The molecule has 0 saturated heterocycles. The van der Waals surface area contributed by atoms with E-state index in [1.165, 1.54) is 0 Å². The van der Waals surface area contributed by atoms with E-state index in [4.69, 9.17) is 10.5 Å². The topological polar surface area (TPSA) is 152 Å². The Hall–Kier alpha value is -3.14. The first-order valence-corrected chi connectivity index (χ1v) is 11.2. The van der Waals surface area contributed by atoms with Crippen molar-refractivity contribution >= 4 is 30.0 Å². The number of carbonyl (C=O) groups is 4. The van der Waals surface area contributed by atoms with Crippen molar-refractivity contribution < 1.29 is 23.9 Å². The van der Waals surface area contributed by atoms with Crippen molar-refractivity contribution in [3.05, 3.63) is 29.8 Å². The smallest absolute Gasteiger partial charge is 0.312 e. The van der Waals surface area contributed by atoms with Crippen LogP contribution in [0.15, 0.2) is 24.3 Å². The number of anilines is 1. The highest BCUT2D eigenvalue weighted by atomic mass is 16.5. The van der Waals surface area contributed by atoms with Crippen molar-refractivity contribution in [2.24, 2.45) is 11.7 Å². The van der Waals surface area contributed by atoms with Crippen LogP contribution in [-0.2, 0) is 25.7 Å². The van der Waals surface area contributed by atoms with E-state index in [0.717, 1.165) is 12.0 Å². The Kier molecular flexibility index (Phi) is 12.5. The van der Waals surface area contributed by atoms with E-state index in [9.17, 15) is 19.2 Å². The van der Waals surface area contributed by atoms with E-state index in [0.29, 0.717) is 31.5 Å². The Bertz CT molecular complexity index is 769. The molecule has 184 valence electrons. The summed E-state index contributed by atoms with van der Waals surface area (Å²) in [5.41, 5.74) is 6.41. The van der Waals surface area contributed by atoms with E-state index in [1.54, 1.807) is 24.3 Å². The van der Waals surface area contributed by atoms with E-state index < -0.39 is 18.1 Å². The van der Waals surface area contributed by atoms with Crippen molar-refractivity contribution in [2.45, 2.75) is 71.7 Å². The minimum absolute atomic E-state index is 0.0281. The molecule has 0 aliphatic heterocycles. The van der Waals surface area contributed by atoms with Crippen LogP contribution in [0, 0.1) is 5.92 Å². The first-order valence-electron chi connectivity index (χ1n) is 11.2. The molecule has 0 aliphatic rings. The molecule has 0 aromatic heterocycles. The second-order valence-corrected chi connectivity index (χ2v) is 8.29. The molecule has 4 amide bonds. The molecule has 3 atom stereocenters. The fraction of sp³-hybridized carbons (Fsp3) is 0.565. The first kappa shape index (κ1) is 27.9. The van der Waals surface area contributed by atoms with Crippen LogP contribution in [0.3, 0.4) is 0 Å². The molecule has 0 radical (unpaired) electrons. The van der Waals surface area contributed by atoms with Gasteiger partial charge in [0.2, 0.25) is 11.8 Å². The largest absolute Gasteiger partial charge is 0.463 e. The van der Waals surface area contributed by atoms with Gasteiger partial charge in [-0.2, -0.15) is 0 Å². The summed E-state index contributed by atoms with van der Waals surface area (Å²) >= 11 is 0. The molecule has 0 fully saturated rings. The molecule has 1 rings (SSSR count). The van der Waals surface area contributed by atoms with Gasteiger partial charge in [-0.3, -0.25) is 14.4 Å². The molecular formula is C23H37N5O5. The monoisotopic (exact) mass is 463 g/mol. The van der Waals surface area contributed by atoms with Crippen LogP contribution >= 0.6 is 0 Å². The van der Waals surface area contributed by atoms with E-state index in [1.807, 2.05) is 27.7 Å². The van der Waals surface area contributed by atoms with Gasteiger partial charge in [0.25, 0.3) is 6.47 Å². The number of hydrogen-bond donors (Lipinski definition) is 5. The van der Waals surface area contributed by atoms with Crippen molar-refractivity contribution in [3.8, 4) is 0 Å². The van der Waals surface area contributed by atoms with Gasteiger partial charge in [-0.25, -0.2) is 4.79 Å². The maximum atomic E-state index is 13.0. The molecule has 0 heterocycles. The minimum atomic E-state index is -0.801. The number of urea groups is 1. The van der Waals surface area contributed by atoms with Crippen LogP contribution < -0.4 is 27.0 Å². The number of carbonyl (C=O) groups excluding carboxylic acids is 4. The molecule has 1 aromatic rings. The molecule has 2 unspecified atom stereocenters. The minimum Gasteiger partial charge on any atom is -0.463 e. The van der Waals surface area contributed by atoms with Crippen LogP contribution in [0.25, 0.3) is 0 Å². The summed E-state index contributed by atoms with van der Waals surface area (Å²) in [5, 5.41) is 11.5. The van der Waals surface area contributed by atoms with Gasteiger partial charge in [-0.1, -0.05) is 32.9 Å². The summed E-state index contributed by atoms with van der Waals surface area (Å²) in [6.45, 7) is 8.74. The Balaban J connectivity index is 2.88. The number of ether oxygens (including phenoxy) is 1. The number of amides is 4. The van der Waals surface area contributed by atoms with Crippen LogP contribution in [0.1, 0.15) is 52.5 Å². The van der Waals surface area contributed by atoms with Crippen molar-refractivity contribution in [2.75, 3.05) is 11.9 Å². The third kappa shape index (κ3) is 10.8. The molecule has 1 aromatic carbocycles. The summed E-state index contributed by atoms with van der Waals surface area (Å²) in [6, 6.07) is 5.10. The maximum Gasteiger partial charge on any atom is 0.312 e.